The molecule has 0 heterocycles. The van der Waals surface area contributed by atoms with E-state index in [0.717, 1.165) is 33.9 Å². The summed E-state index contributed by atoms with van der Waals surface area (Å²) in [5, 5.41) is 11.9. The molecular weight excluding hydrogens is 404 g/mol. The molecule has 1 N–H and O–H groups in total. The number of amides is 1. The zero-order valence-electron chi connectivity index (χ0n) is 17.0. The lowest BCUT2D eigenvalue weighted by atomic mass is 10.1. The summed E-state index contributed by atoms with van der Waals surface area (Å²) in [4.78, 5) is 13.7. The molecule has 4 nitrogen and oxygen atoms in total. The van der Waals surface area contributed by atoms with Gasteiger partial charge in [0.2, 0.25) is 0 Å². The van der Waals surface area contributed by atoms with Crippen molar-refractivity contribution in [3.63, 3.8) is 0 Å². The van der Waals surface area contributed by atoms with Crippen LogP contribution in [-0.2, 0) is 12.2 Å². The number of hydrogen-bond donors (Lipinski definition) is 1. The number of benzene rings is 3. The zero-order valence-corrected chi connectivity index (χ0v) is 17.8. The molecule has 0 aliphatic rings. The van der Waals surface area contributed by atoms with Crippen LogP contribution in [0, 0.1) is 23.7 Å². The lowest BCUT2D eigenvalue weighted by molar-refractivity contribution is 0.0951. The van der Waals surface area contributed by atoms with E-state index in [1.165, 1.54) is 0 Å². The van der Waals surface area contributed by atoms with Gasteiger partial charge in [0, 0.05) is 17.2 Å². The van der Waals surface area contributed by atoms with E-state index in [2.05, 4.69) is 17.3 Å². The molecule has 3 aromatic rings. The van der Waals surface area contributed by atoms with Crippen LogP contribution in [0.4, 0.5) is 0 Å². The fourth-order valence-corrected chi connectivity index (χ4v) is 3.92. The first-order valence-corrected chi connectivity index (χ1v) is 10.8. The third kappa shape index (κ3) is 6.67. The number of thioether (sulfide) groups is 1. The minimum absolute atomic E-state index is 0.0862. The minimum atomic E-state index is -0.0862. The molecule has 0 atom stereocenters. The molecule has 3 rings (SSSR count). The molecule has 1 amide bonds. The predicted octanol–water partition coefficient (Wildman–Crippen LogP) is 4.84. The van der Waals surface area contributed by atoms with Crippen LogP contribution in [0.5, 0.6) is 5.75 Å². The van der Waals surface area contributed by atoms with Crippen molar-refractivity contribution in [1.82, 2.24) is 5.32 Å². The quantitative estimate of drug-likeness (QED) is 0.393. The third-order valence-electron chi connectivity index (χ3n) is 4.55. The summed E-state index contributed by atoms with van der Waals surface area (Å²) in [5.74, 6) is 3.81. The highest BCUT2D eigenvalue weighted by Gasteiger charge is 2.11. The van der Waals surface area contributed by atoms with Crippen molar-refractivity contribution in [3.8, 4) is 24.2 Å². The van der Waals surface area contributed by atoms with Crippen LogP contribution in [0.2, 0.25) is 0 Å². The van der Waals surface area contributed by atoms with Gasteiger partial charge in [0.05, 0.1) is 17.2 Å². The number of nitrogens with zero attached hydrogens (tertiary/aromatic N) is 1. The van der Waals surface area contributed by atoms with Gasteiger partial charge in [-0.1, -0.05) is 42.3 Å². The number of rotatable bonds is 9. The average molecular weight is 427 g/mol. The number of terminal acetylenes is 1. The second-order valence-corrected chi connectivity index (χ2v) is 7.75. The second-order valence-electron chi connectivity index (χ2n) is 6.74. The van der Waals surface area contributed by atoms with E-state index in [9.17, 15) is 4.79 Å². The maximum atomic E-state index is 12.7. The normalized spacial score (nSPS) is 10.0. The molecule has 5 heteroatoms. The van der Waals surface area contributed by atoms with Crippen molar-refractivity contribution in [3.05, 3.63) is 95.1 Å². The zero-order chi connectivity index (χ0) is 21.9. The molecule has 0 fully saturated rings. The predicted molar refractivity (Wildman–Crippen MR) is 124 cm³/mol. The Kier molecular flexibility index (Phi) is 8.17. The Hall–Kier alpha value is -3.67. The van der Waals surface area contributed by atoms with Gasteiger partial charge < -0.3 is 10.1 Å². The number of nitrogens with one attached hydrogen (secondary N) is 1. The van der Waals surface area contributed by atoms with Gasteiger partial charge in [0.1, 0.15) is 12.4 Å². The number of carbonyl (C=O) groups excluding carboxylic acids is 1. The summed E-state index contributed by atoms with van der Waals surface area (Å²) in [7, 11) is 0. The summed E-state index contributed by atoms with van der Waals surface area (Å²) in [6, 6.07) is 24.9. The van der Waals surface area contributed by atoms with Crippen molar-refractivity contribution in [1.29, 1.82) is 5.26 Å². The maximum Gasteiger partial charge on any atom is 0.252 e. The van der Waals surface area contributed by atoms with Crippen LogP contribution in [0.15, 0.2) is 77.7 Å². The van der Waals surface area contributed by atoms with Gasteiger partial charge in [-0.2, -0.15) is 5.26 Å². The van der Waals surface area contributed by atoms with E-state index >= 15 is 0 Å². The van der Waals surface area contributed by atoms with E-state index in [0.29, 0.717) is 17.7 Å². The molecule has 0 unspecified atom stereocenters. The first kappa shape index (κ1) is 22.0. The second kappa shape index (κ2) is 11.5. The summed E-state index contributed by atoms with van der Waals surface area (Å²) >= 11 is 1.61. The molecule has 0 aromatic heterocycles. The van der Waals surface area contributed by atoms with Gasteiger partial charge in [-0.25, -0.2) is 0 Å². The minimum Gasteiger partial charge on any atom is -0.481 e. The maximum absolute atomic E-state index is 12.7. The first-order valence-electron chi connectivity index (χ1n) is 9.84. The van der Waals surface area contributed by atoms with Gasteiger partial charge in [-0.05, 0) is 53.9 Å². The Balaban J connectivity index is 1.53. The molecule has 0 aliphatic heterocycles. The lowest BCUT2D eigenvalue weighted by Crippen LogP contribution is -2.26. The van der Waals surface area contributed by atoms with E-state index in [-0.39, 0.29) is 12.5 Å². The molecule has 31 heavy (non-hydrogen) atoms. The monoisotopic (exact) mass is 426 g/mol. The van der Waals surface area contributed by atoms with Gasteiger partial charge in [-0.15, -0.1) is 18.2 Å². The van der Waals surface area contributed by atoms with E-state index in [4.69, 9.17) is 16.4 Å². The Morgan fingerprint density at radius 3 is 2.42 bits per heavy atom. The first-order chi connectivity index (χ1) is 15.2. The van der Waals surface area contributed by atoms with E-state index in [1.807, 2.05) is 72.8 Å². The highest BCUT2D eigenvalue weighted by atomic mass is 32.2. The molecule has 0 bridgehead atoms. The van der Waals surface area contributed by atoms with E-state index < -0.39 is 0 Å². The Morgan fingerprint density at radius 1 is 1.00 bits per heavy atom. The van der Waals surface area contributed by atoms with Crippen LogP contribution in [-0.4, -0.2) is 19.1 Å². The van der Waals surface area contributed by atoms with Crippen molar-refractivity contribution < 1.29 is 9.53 Å². The number of carbonyl (C=O) groups is 1. The van der Waals surface area contributed by atoms with Crippen molar-refractivity contribution in [2.45, 2.75) is 17.1 Å². The van der Waals surface area contributed by atoms with Gasteiger partial charge in [-0.3, -0.25) is 4.79 Å². The average Bonchev–Trinajstić information content (AvgIpc) is 2.82. The fraction of sp³-hybridized carbons (Fsp3) is 0.154. The van der Waals surface area contributed by atoms with Crippen LogP contribution in [0.1, 0.15) is 27.0 Å². The molecule has 154 valence electrons. The molecule has 3 aromatic carbocycles. The van der Waals surface area contributed by atoms with Crippen molar-refractivity contribution >= 4 is 17.7 Å². The summed E-state index contributed by atoms with van der Waals surface area (Å²) in [5.41, 5.74) is 3.52. The standard InChI is InChI=1S/C26H22N2O2S/c1-2-17-30-23-13-11-20(12-14-23)15-16-28-26(29)24-5-3-4-6-25(24)31-19-22-9-7-21(18-27)8-10-22/h1,3-14H,15-17,19H2,(H,28,29). The fourth-order valence-electron chi connectivity index (χ4n) is 2.91. The highest BCUT2D eigenvalue weighted by Crippen LogP contribution is 2.26. The SMILES string of the molecule is C#CCOc1ccc(CCNC(=O)c2ccccc2SCc2ccc(C#N)cc2)cc1. The number of ether oxygens (including phenoxy) is 1. The highest BCUT2D eigenvalue weighted by molar-refractivity contribution is 7.98. The summed E-state index contributed by atoms with van der Waals surface area (Å²) < 4.78 is 5.37. The summed E-state index contributed by atoms with van der Waals surface area (Å²) in [6.07, 6.45) is 5.91. The Morgan fingerprint density at radius 2 is 1.71 bits per heavy atom. The van der Waals surface area contributed by atoms with Gasteiger partial charge >= 0.3 is 0 Å². The smallest absolute Gasteiger partial charge is 0.252 e. The number of hydrogen-bond acceptors (Lipinski definition) is 4. The Bertz CT molecular complexity index is 1090. The number of nitriles is 1. The van der Waals surface area contributed by atoms with Crippen LogP contribution in [0.25, 0.3) is 0 Å². The lowest BCUT2D eigenvalue weighted by Gasteiger charge is -2.10. The summed E-state index contributed by atoms with van der Waals surface area (Å²) in [6.45, 7) is 0.788. The molecule has 0 radical (unpaired) electrons. The van der Waals surface area contributed by atoms with E-state index in [1.54, 1.807) is 11.8 Å². The largest absolute Gasteiger partial charge is 0.481 e. The van der Waals surface area contributed by atoms with Crippen LogP contribution in [0.3, 0.4) is 0 Å². The Labute approximate surface area is 187 Å². The molecule has 0 saturated heterocycles. The third-order valence-corrected chi connectivity index (χ3v) is 5.70. The molecule has 0 aliphatic carbocycles. The topological polar surface area (TPSA) is 62.1 Å². The van der Waals surface area contributed by atoms with Crippen LogP contribution >= 0.6 is 11.8 Å². The van der Waals surface area contributed by atoms with Crippen molar-refractivity contribution in [2.75, 3.05) is 13.2 Å². The molecule has 0 spiro atoms. The van der Waals surface area contributed by atoms with Crippen LogP contribution < -0.4 is 10.1 Å². The molecular formula is C26H22N2O2S. The van der Waals surface area contributed by atoms with Gasteiger partial charge in [0.15, 0.2) is 0 Å². The van der Waals surface area contributed by atoms with Crippen molar-refractivity contribution in [2.24, 2.45) is 0 Å². The molecule has 0 saturated carbocycles. The van der Waals surface area contributed by atoms with Gasteiger partial charge in [0.25, 0.3) is 5.91 Å².